The quantitative estimate of drug-likeness (QED) is 0.447. The summed E-state index contributed by atoms with van der Waals surface area (Å²) in [5.74, 6) is 1.28. The highest BCUT2D eigenvalue weighted by molar-refractivity contribution is 5.94. The number of halogens is 1. The minimum absolute atomic E-state index is 0.263. The van der Waals surface area contributed by atoms with Crippen molar-refractivity contribution in [2.45, 2.75) is 20.3 Å². The van der Waals surface area contributed by atoms with E-state index in [0.717, 1.165) is 50.8 Å². The lowest BCUT2D eigenvalue weighted by molar-refractivity contribution is 0.414. The number of fused-ring (bicyclic) bond motifs is 3. The van der Waals surface area contributed by atoms with Gasteiger partial charge in [-0.25, -0.2) is 18.9 Å². The van der Waals surface area contributed by atoms with Crippen LogP contribution in [0.2, 0.25) is 0 Å². The molecule has 0 aliphatic carbocycles. The van der Waals surface area contributed by atoms with E-state index >= 15 is 0 Å². The van der Waals surface area contributed by atoms with Gasteiger partial charge in [-0.2, -0.15) is 0 Å². The van der Waals surface area contributed by atoms with Crippen LogP contribution in [0.4, 0.5) is 4.39 Å². The Morgan fingerprint density at radius 3 is 2.40 bits per heavy atom. The highest BCUT2D eigenvalue weighted by Gasteiger charge is 2.19. The zero-order chi connectivity index (χ0) is 20.8. The minimum Gasteiger partial charge on any atom is -0.497 e. The summed E-state index contributed by atoms with van der Waals surface area (Å²) >= 11 is 0. The molecule has 0 fully saturated rings. The van der Waals surface area contributed by atoms with E-state index in [2.05, 4.69) is 17.0 Å². The molecule has 0 aliphatic rings. The molecule has 0 spiro atoms. The fourth-order valence-electron chi connectivity index (χ4n) is 3.81. The van der Waals surface area contributed by atoms with E-state index in [1.807, 2.05) is 35.8 Å². The molecule has 30 heavy (non-hydrogen) atoms. The van der Waals surface area contributed by atoms with Crippen molar-refractivity contribution >= 4 is 16.7 Å². The van der Waals surface area contributed by atoms with Crippen LogP contribution in [0.1, 0.15) is 22.6 Å². The topological polar surface area (TPSA) is 57.2 Å². The molecule has 0 amide bonds. The molecule has 3 aromatic heterocycles. The SMILES string of the molecule is COc1ccc(Cc2nc3c4c(C)c(C)n(-c5ccc(F)cc5)c4ncn3n2)cc1. The van der Waals surface area contributed by atoms with E-state index in [1.165, 1.54) is 12.1 Å². The molecule has 0 unspecified atom stereocenters. The second-order valence-corrected chi connectivity index (χ2v) is 7.29. The normalized spacial score (nSPS) is 11.5. The summed E-state index contributed by atoms with van der Waals surface area (Å²) in [6, 6.07) is 14.3. The Bertz CT molecular complexity index is 1370. The molecule has 0 aliphatic heterocycles. The molecule has 2 aromatic carbocycles. The van der Waals surface area contributed by atoms with Crippen LogP contribution < -0.4 is 4.74 Å². The van der Waals surface area contributed by atoms with Gasteiger partial charge in [0, 0.05) is 17.8 Å². The highest BCUT2D eigenvalue weighted by atomic mass is 19.1. The average molecular weight is 401 g/mol. The third-order valence-electron chi connectivity index (χ3n) is 5.48. The Morgan fingerprint density at radius 2 is 1.70 bits per heavy atom. The van der Waals surface area contributed by atoms with Crippen LogP contribution in [0.3, 0.4) is 0 Å². The lowest BCUT2D eigenvalue weighted by Crippen LogP contribution is -1.99. The van der Waals surface area contributed by atoms with Gasteiger partial charge < -0.3 is 4.74 Å². The number of methoxy groups -OCH3 is 1. The second-order valence-electron chi connectivity index (χ2n) is 7.29. The fraction of sp³-hybridized carbons (Fsp3) is 0.174. The smallest absolute Gasteiger partial charge is 0.168 e. The van der Waals surface area contributed by atoms with Gasteiger partial charge in [0.05, 0.1) is 12.5 Å². The lowest BCUT2D eigenvalue weighted by atomic mass is 10.1. The molecular weight excluding hydrogens is 381 g/mol. The van der Waals surface area contributed by atoms with Crippen molar-refractivity contribution in [3.05, 3.63) is 83.3 Å². The van der Waals surface area contributed by atoms with Crippen molar-refractivity contribution in [2.24, 2.45) is 0 Å². The van der Waals surface area contributed by atoms with Crippen LogP contribution >= 0.6 is 0 Å². The molecule has 5 rings (SSSR count). The van der Waals surface area contributed by atoms with Crippen LogP contribution in [0.25, 0.3) is 22.4 Å². The third-order valence-corrected chi connectivity index (χ3v) is 5.48. The van der Waals surface area contributed by atoms with Crippen molar-refractivity contribution in [1.82, 2.24) is 24.1 Å². The summed E-state index contributed by atoms with van der Waals surface area (Å²) < 4.78 is 22.4. The van der Waals surface area contributed by atoms with E-state index in [4.69, 9.17) is 9.72 Å². The molecule has 0 saturated heterocycles. The van der Waals surface area contributed by atoms with Crippen LogP contribution in [-0.2, 0) is 6.42 Å². The number of aryl methyl sites for hydroxylation is 1. The number of hydrogen-bond acceptors (Lipinski definition) is 4. The molecule has 3 heterocycles. The molecule has 5 aromatic rings. The van der Waals surface area contributed by atoms with Crippen molar-refractivity contribution in [3.8, 4) is 11.4 Å². The summed E-state index contributed by atoms with van der Waals surface area (Å²) in [7, 11) is 1.65. The minimum atomic E-state index is -0.263. The first-order valence-corrected chi connectivity index (χ1v) is 9.66. The standard InChI is InChI=1S/C23H20FN5O/c1-14-15(2)29(18-8-6-17(24)7-9-18)22-21(14)23-26-20(27-28(23)13-25-22)12-16-4-10-19(30-3)11-5-16/h4-11,13H,12H2,1-3H3. The Kier molecular flexibility index (Phi) is 4.24. The number of rotatable bonds is 4. The largest absolute Gasteiger partial charge is 0.497 e. The molecule has 0 atom stereocenters. The Labute approximate surface area is 172 Å². The van der Waals surface area contributed by atoms with Gasteiger partial charge in [0.15, 0.2) is 17.1 Å². The van der Waals surface area contributed by atoms with Crippen molar-refractivity contribution in [3.63, 3.8) is 0 Å². The first-order chi connectivity index (χ1) is 14.5. The van der Waals surface area contributed by atoms with Crippen LogP contribution in [0.5, 0.6) is 5.75 Å². The summed E-state index contributed by atoms with van der Waals surface area (Å²) in [6.07, 6.45) is 2.30. The number of aromatic nitrogens is 5. The van der Waals surface area contributed by atoms with Crippen molar-refractivity contribution in [1.29, 1.82) is 0 Å². The zero-order valence-corrected chi connectivity index (χ0v) is 16.9. The predicted molar refractivity (Wildman–Crippen MR) is 113 cm³/mol. The van der Waals surface area contributed by atoms with Crippen LogP contribution in [0.15, 0.2) is 54.9 Å². The Balaban J connectivity index is 1.62. The lowest BCUT2D eigenvalue weighted by Gasteiger charge is -2.07. The van der Waals surface area contributed by atoms with E-state index < -0.39 is 0 Å². The maximum atomic E-state index is 13.4. The van der Waals surface area contributed by atoms with Gasteiger partial charge in [-0.15, -0.1) is 5.10 Å². The van der Waals surface area contributed by atoms with Gasteiger partial charge >= 0.3 is 0 Å². The number of hydrogen-bond donors (Lipinski definition) is 0. The maximum absolute atomic E-state index is 13.4. The number of benzene rings is 2. The molecule has 0 saturated carbocycles. The number of ether oxygens (including phenoxy) is 1. The van der Waals surface area contributed by atoms with Crippen molar-refractivity contribution < 1.29 is 9.13 Å². The van der Waals surface area contributed by atoms with Gasteiger partial charge in [-0.05, 0) is 61.4 Å². The first-order valence-electron chi connectivity index (χ1n) is 9.66. The molecule has 150 valence electrons. The monoisotopic (exact) mass is 401 g/mol. The molecule has 7 heteroatoms. The highest BCUT2D eigenvalue weighted by Crippen LogP contribution is 2.30. The maximum Gasteiger partial charge on any atom is 0.168 e. The van der Waals surface area contributed by atoms with E-state index in [9.17, 15) is 4.39 Å². The van der Waals surface area contributed by atoms with E-state index in [1.54, 1.807) is 30.1 Å². The second kappa shape index (κ2) is 6.95. The van der Waals surface area contributed by atoms with Crippen LogP contribution in [-0.4, -0.2) is 31.3 Å². The molecule has 0 bridgehead atoms. The fourth-order valence-corrected chi connectivity index (χ4v) is 3.81. The van der Waals surface area contributed by atoms with Gasteiger partial charge in [-0.1, -0.05) is 12.1 Å². The van der Waals surface area contributed by atoms with E-state index in [-0.39, 0.29) is 5.82 Å². The van der Waals surface area contributed by atoms with E-state index in [0.29, 0.717) is 6.42 Å². The van der Waals surface area contributed by atoms with Gasteiger partial charge in [0.25, 0.3) is 0 Å². The molecule has 0 N–H and O–H groups in total. The molecule has 0 radical (unpaired) electrons. The first kappa shape index (κ1) is 18.3. The summed E-state index contributed by atoms with van der Waals surface area (Å²) in [5.41, 5.74) is 5.64. The van der Waals surface area contributed by atoms with Crippen molar-refractivity contribution in [2.75, 3.05) is 7.11 Å². The summed E-state index contributed by atoms with van der Waals surface area (Å²) in [6.45, 7) is 4.09. The summed E-state index contributed by atoms with van der Waals surface area (Å²) in [5, 5.41) is 5.57. The average Bonchev–Trinajstić information content (AvgIpc) is 3.27. The van der Waals surface area contributed by atoms with Gasteiger partial charge in [0.1, 0.15) is 17.9 Å². The van der Waals surface area contributed by atoms with Gasteiger partial charge in [0.2, 0.25) is 0 Å². The Hall–Kier alpha value is -3.74. The van der Waals surface area contributed by atoms with Crippen LogP contribution in [0, 0.1) is 19.7 Å². The summed E-state index contributed by atoms with van der Waals surface area (Å²) in [4.78, 5) is 9.46. The third kappa shape index (κ3) is 2.90. The Morgan fingerprint density at radius 1 is 0.967 bits per heavy atom. The predicted octanol–water partition coefficient (Wildman–Crippen LogP) is 4.42. The number of nitrogens with zero attached hydrogens (tertiary/aromatic N) is 5. The zero-order valence-electron chi connectivity index (χ0n) is 16.9. The molecular formula is C23H20FN5O. The van der Waals surface area contributed by atoms with Gasteiger partial charge in [-0.3, -0.25) is 4.57 Å². The molecule has 6 nitrogen and oxygen atoms in total.